The summed E-state index contributed by atoms with van der Waals surface area (Å²) in [5, 5.41) is 5.23. The van der Waals surface area contributed by atoms with Crippen LogP contribution in [0.25, 0.3) is 0 Å². The fraction of sp³-hybridized carbons (Fsp3) is 0.412. The van der Waals surface area contributed by atoms with E-state index in [0.29, 0.717) is 5.82 Å². The Morgan fingerprint density at radius 3 is 2.46 bits per heavy atom. The maximum Gasteiger partial charge on any atom is 0.322 e. The summed E-state index contributed by atoms with van der Waals surface area (Å²) in [4.78, 5) is 42.6. The maximum absolute atomic E-state index is 12.7. The molecule has 3 aliphatic rings. The van der Waals surface area contributed by atoms with E-state index in [2.05, 4.69) is 15.6 Å². The highest BCUT2D eigenvalue weighted by Gasteiger charge is 2.60. The summed E-state index contributed by atoms with van der Waals surface area (Å²) in [6, 6.07) is 4.65. The van der Waals surface area contributed by atoms with Gasteiger partial charge in [-0.15, -0.1) is 0 Å². The first-order valence-electron chi connectivity index (χ1n) is 8.10. The summed E-state index contributed by atoms with van der Waals surface area (Å²) in [5.41, 5.74) is 0. The number of hydrogen-bond donors (Lipinski definition) is 2. The Kier molecular flexibility index (Phi) is 3.37. The molecule has 4 rings (SSSR count). The average molecular weight is 326 g/mol. The number of imide groups is 1. The Morgan fingerprint density at radius 1 is 1.21 bits per heavy atom. The standard InChI is InChI=1S/C17H18N4O3/c1-9(19-17(24)20-12-4-2-3-7-18-12)21-15(22)13-10-5-6-11(8-10)14(13)16(21)23/h2-7,9-11,13-14H,8H2,1H3,(H2,18,19,20,24)/t9-,10+,11+,13+,14+/m1/s1. The molecule has 2 heterocycles. The quantitative estimate of drug-likeness (QED) is 0.648. The molecule has 7 nitrogen and oxygen atoms in total. The number of amides is 4. The summed E-state index contributed by atoms with van der Waals surface area (Å²) in [6.45, 7) is 1.64. The fourth-order valence-corrected chi connectivity index (χ4v) is 4.15. The van der Waals surface area contributed by atoms with Gasteiger partial charge in [0.05, 0.1) is 11.8 Å². The Bertz CT molecular complexity index is 703. The van der Waals surface area contributed by atoms with Gasteiger partial charge in [0.1, 0.15) is 12.0 Å². The van der Waals surface area contributed by atoms with Gasteiger partial charge in [0.2, 0.25) is 11.8 Å². The minimum atomic E-state index is -0.696. The van der Waals surface area contributed by atoms with Crippen LogP contribution in [0.1, 0.15) is 13.3 Å². The van der Waals surface area contributed by atoms with Crippen LogP contribution < -0.4 is 10.6 Å². The number of urea groups is 1. The second-order valence-electron chi connectivity index (χ2n) is 6.54. The maximum atomic E-state index is 12.7. The number of allylic oxidation sites excluding steroid dienone is 2. The van der Waals surface area contributed by atoms with E-state index in [0.717, 1.165) is 6.42 Å². The number of aromatic nitrogens is 1. The van der Waals surface area contributed by atoms with Crippen LogP contribution in [0.3, 0.4) is 0 Å². The average Bonchev–Trinajstić information content (AvgIpc) is 3.22. The van der Waals surface area contributed by atoms with Crippen LogP contribution in [0.4, 0.5) is 10.6 Å². The van der Waals surface area contributed by atoms with Gasteiger partial charge in [0.15, 0.2) is 0 Å². The largest absolute Gasteiger partial charge is 0.322 e. The lowest BCUT2D eigenvalue weighted by molar-refractivity contribution is -0.143. The van der Waals surface area contributed by atoms with Crippen molar-refractivity contribution < 1.29 is 14.4 Å². The highest BCUT2D eigenvalue weighted by molar-refractivity contribution is 6.07. The lowest BCUT2D eigenvalue weighted by Gasteiger charge is -2.25. The Hall–Kier alpha value is -2.70. The van der Waals surface area contributed by atoms with E-state index >= 15 is 0 Å². The van der Waals surface area contributed by atoms with Gasteiger partial charge < -0.3 is 5.32 Å². The summed E-state index contributed by atoms with van der Waals surface area (Å²) >= 11 is 0. The van der Waals surface area contributed by atoms with Crippen LogP contribution in [-0.2, 0) is 9.59 Å². The summed E-state index contributed by atoms with van der Waals surface area (Å²) in [5.74, 6) is -0.126. The molecular formula is C17H18N4O3. The van der Waals surface area contributed by atoms with E-state index in [1.54, 1.807) is 31.3 Å². The number of anilines is 1. The molecule has 2 N–H and O–H groups in total. The van der Waals surface area contributed by atoms with Crippen molar-refractivity contribution in [1.29, 1.82) is 0 Å². The van der Waals surface area contributed by atoms with E-state index in [-0.39, 0.29) is 35.5 Å². The molecule has 1 saturated carbocycles. The predicted molar refractivity (Wildman–Crippen MR) is 85.4 cm³/mol. The molecule has 1 aromatic rings. The number of carbonyl (C=O) groups excluding carboxylic acids is 3. The molecular weight excluding hydrogens is 308 g/mol. The molecule has 0 radical (unpaired) electrons. The van der Waals surface area contributed by atoms with Gasteiger partial charge in [-0.1, -0.05) is 18.2 Å². The highest BCUT2D eigenvalue weighted by atomic mass is 16.2. The van der Waals surface area contributed by atoms with Crippen LogP contribution in [0.5, 0.6) is 0 Å². The molecule has 1 saturated heterocycles. The second kappa shape index (κ2) is 5.43. The highest BCUT2D eigenvalue weighted by Crippen LogP contribution is 2.52. The van der Waals surface area contributed by atoms with Crippen molar-refractivity contribution in [1.82, 2.24) is 15.2 Å². The molecule has 1 aliphatic heterocycles. The SMILES string of the molecule is C[C@H](NC(=O)Nc1ccccn1)N1C(=O)[C@@H]2[C@@H](C1=O)[C@H]1C=C[C@H]2C1. The number of rotatable bonds is 3. The number of nitrogens with one attached hydrogen (secondary N) is 2. The molecule has 7 heteroatoms. The van der Waals surface area contributed by atoms with Crippen LogP contribution >= 0.6 is 0 Å². The molecule has 2 fully saturated rings. The number of nitrogens with zero attached hydrogens (tertiary/aromatic N) is 2. The van der Waals surface area contributed by atoms with Crippen LogP contribution in [-0.4, -0.2) is 33.9 Å². The minimum Gasteiger partial charge on any atom is -0.317 e. The summed E-state index contributed by atoms with van der Waals surface area (Å²) in [6.07, 6.45) is 5.86. The summed E-state index contributed by atoms with van der Waals surface area (Å²) < 4.78 is 0. The lowest BCUT2D eigenvalue weighted by Crippen LogP contribution is -2.51. The molecule has 0 aromatic carbocycles. The van der Waals surface area contributed by atoms with Crippen LogP contribution in [0, 0.1) is 23.7 Å². The van der Waals surface area contributed by atoms with Gasteiger partial charge in [0, 0.05) is 6.20 Å². The Labute approximate surface area is 139 Å². The summed E-state index contributed by atoms with van der Waals surface area (Å²) in [7, 11) is 0. The van der Waals surface area contributed by atoms with Crippen molar-refractivity contribution in [3.63, 3.8) is 0 Å². The molecule has 5 atom stereocenters. The fourth-order valence-electron chi connectivity index (χ4n) is 4.15. The first-order valence-corrected chi connectivity index (χ1v) is 8.10. The smallest absolute Gasteiger partial charge is 0.317 e. The Balaban J connectivity index is 1.44. The van der Waals surface area contributed by atoms with E-state index in [9.17, 15) is 14.4 Å². The number of carbonyl (C=O) groups is 3. The predicted octanol–water partition coefficient (Wildman–Crippen LogP) is 1.36. The van der Waals surface area contributed by atoms with E-state index in [1.807, 2.05) is 12.2 Å². The van der Waals surface area contributed by atoms with Crippen LogP contribution in [0.15, 0.2) is 36.5 Å². The van der Waals surface area contributed by atoms with Crippen LogP contribution in [0.2, 0.25) is 0 Å². The molecule has 24 heavy (non-hydrogen) atoms. The normalized spacial score (nSPS) is 31.3. The molecule has 2 bridgehead atoms. The molecule has 0 spiro atoms. The van der Waals surface area contributed by atoms with E-state index < -0.39 is 12.2 Å². The molecule has 4 amide bonds. The van der Waals surface area contributed by atoms with Crippen molar-refractivity contribution in [2.24, 2.45) is 23.7 Å². The third-order valence-electron chi connectivity index (χ3n) is 5.14. The van der Waals surface area contributed by atoms with E-state index in [1.165, 1.54) is 4.90 Å². The molecule has 1 aromatic heterocycles. The zero-order valence-corrected chi connectivity index (χ0v) is 13.2. The molecule has 0 unspecified atom stereocenters. The zero-order valence-electron chi connectivity index (χ0n) is 13.2. The zero-order chi connectivity index (χ0) is 16.8. The first-order chi connectivity index (χ1) is 11.6. The van der Waals surface area contributed by atoms with Gasteiger partial charge >= 0.3 is 6.03 Å². The Morgan fingerprint density at radius 2 is 1.88 bits per heavy atom. The van der Waals surface area contributed by atoms with Gasteiger partial charge in [-0.05, 0) is 37.3 Å². The first kappa shape index (κ1) is 14.9. The third kappa shape index (κ3) is 2.19. The van der Waals surface area contributed by atoms with Gasteiger partial charge in [-0.3, -0.25) is 19.8 Å². The number of hydrogen-bond acceptors (Lipinski definition) is 4. The number of pyridine rings is 1. The lowest BCUT2D eigenvalue weighted by atomic mass is 9.85. The van der Waals surface area contributed by atoms with Crippen molar-refractivity contribution >= 4 is 23.7 Å². The number of likely N-dealkylation sites (tertiary alicyclic amines) is 1. The van der Waals surface area contributed by atoms with E-state index in [4.69, 9.17) is 0 Å². The molecule has 2 aliphatic carbocycles. The second-order valence-corrected chi connectivity index (χ2v) is 6.54. The number of fused-ring (bicyclic) bond motifs is 5. The van der Waals surface area contributed by atoms with Crippen molar-refractivity contribution in [3.8, 4) is 0 Å². The van der Waals surface area contributed by atoms with Crippen molar-refractivity contribution in [2.45, 2.75) is 19.5 Å². The molecule has 124 valence electrons. The third-order valence-corrected chi connectivity index (χ3v) is 5.14. The van der Waals surface area contributed by atoms with Gasteiger partial charge in [-0.2, -0.15) is 0 Å². The van der Waals surface area contributed by atoms with Gasteiger partial charge in [-0.25, -0.2) is 9.78 Å². The van der Waals surface area contributed by atoms with Crippen molar-refractivity contribution in [2.75, 3.05) is 5.32 Å². The topological polar surface area (TPSA) is 91.4 Å². The van der Waals surface area contributed by atoms with Crippen molar-refractivity contribution in [3.05, 3.63) is 36.5 Å². The minimum absolute atomic E-state index is 0.163. The van der Waals surface area contributed by atoms with Gasteiger partial charge in [0.25, 0.3) is 0 Å². The monoisotopic (exact) mass is 326 g/mol.